The largest absolute Gasteiger partial charge is 0.379 e. The van der Waals surface area contributed by atoms with E-state index in [9.17, 15) is 4.79 Å². The molecule has 3 fully saturated rings. The number of nitrogens with one attached hydrogen (secondary N) is 2. The van der Waals surface area contributed by atoms with Crippen LogP contribution in [0.4, 0.5) is 0 Å². The second kappa shape index (κ2) is 7.43. The molecule has 0 spiro atoms. The molecule has 0 unspecified atom stereocenters. The Morgan fingerprint density at radius 2 is 2.28 bits per heavy atom. The summed E-state index contributed by atoms with van der Waals surface area (Å²) in [5.74, 6) is 0.626. The van der Waals surface area contributed by atoms with Gasteiger partial charge in [-0.2, -0.15) is 0 Å². The number of amides is 1. The molecule has 1 saturated carbocycles. The van der Waals surface area contributed by atoms with Crippen LogP contribution < -0.4 is 10.6 Å². The van der Waals surface area contributed by atoms with Gasteiger partial charge in [0, 0.05) is 31.7 Å². The number of rotatable bonds is 4. The van der Waals surface area contributed by atoms with Crippen LogP contribution in [-0.2, 0) is 16.1 Å². The lowest BCUT2D eigenvalue weighted by Crippen LogP contribution is -2.60. The van der Waals surface area contributed by atoms with E-state index in [0.717, 1.165) is 70.8 Å². The molecule has 0 bridgehead atoms. The van der Waals surface area contributed by atoms with Crippen molar-refractivity contribution in [1.82, 2.24) is 20.7 Å². The van der Waals surface area contributed by atoms with Crippen molar-refractivity contribution >= 4 is 5.91 Å². The number of aromatic nitrogens is 1. The molecule has 138 valence electrons. The minimum absolute atomic E-state index is 0.174. The maximum absolute atomic E-state index is 13.1. The zero-order valence-corrected chi connectivity index (χ0v) is 14.7. The van der Waals surface area contributed by atoms with Crippen LogP contribution >= 0.6 is 0 Å². The Morgan fingerprint density at radius 1 is 1.40 bits per heavy atom. The van der Waals surface area contributed by atoms with Crippen molar-refractivity contribution in [2.45, 2.75) is 38.3 Å². The molecule has 1 amide bonds. The van der Waals surface area contributed by atoms with E-state index in [4.69, 9.17) is 9.26 Å². The number of carbonyl (C=O) groups excluding carboxylic acids is 1. The van der Waals surface area contributed by atoms with Crippen LogP contribution in [-0.4, -0.2) is 61.4 Å². The molecule has 0 aromatic carbocycles. The SMILES string of the molecule is O=C(NCc1ccon1)[C@@]12CC[C@H](N3CCOCC3)C[C@H]1CCNC2. The summed E-state index contributed by atoms with van der Waals surface area (Å²) < 4.78 is 10.3. The third kappa shape index (κ3) is 3.45. The van der Waals surface area contributed by atoms with Gasteiger partial charge in [0.2, 0.25) is 5.91 Å². The molecule has 25 heavy (non-hydrogen) atoms. The van der Waals surface area contributed by atoms with Crippen LogP contribution in [0.1, 0.15) is 31.4 Å². The van der Waals surface area contributed by atoms with Gasteiger partial charge >= 0.3 is 0 Å². The highest BCUT2D eigenvalue weighted by Crippen LogP contribution is 2.46. The van der Waals surface area contributed by atoms with Crippen LogP contribution in [0, 0.1) is 11.3 Å². The molecule has 3 heterocycles. The number of piperidine rings is 1. The van der Waals surface area contributed by atoms with Gasteiger partial charge in [-0.25, -0.2) is 0 Å². The van der Waals surface area contributed by atoms with Crippen LogP contribution in [0.2, 0.25) is 0 Å². The number of nitrogens with zero attached hydrogens (tertiary/aromatic N) is 2. The van der Waals surface area contributed by atoms with Crippen molar-refractivity contribution in [1.29, 1.82) is 0 Å². The minimum atomic E-state index is -0.273. The molecular weight excluding hydrogens is 320 g/mol. The van der Waals surface area contributed by atoms with Gasteiger partial charge in [-0.05, 0) is 38.1 Å². The van der Waals surface area contributed by atoms with E-state index in [1.807, 2.05) is 0 Å². The van der Waals surface area contributed by atoms with Gasteiger partial charge in [-0.1, -0.05) is 5.16 Å². The number of hydrogen-bond acceptors (Lipinski definition) is 6. The fourth-order valence-electron chi connectivity index (χ4n) is 4.84. The van der Waals surface area contributed by atoms with E-state index in [0.29, 0.717) is 18.5 Å². The Hall–Kier alpha value is -1.44. The number of fused-ring (bicyclic) bond motifs is 1. The summed E-state index contributed by atoms with van der Waals surface area (Å²) in [4.78, 5) is 15.7. The van der Waals surface area contributed by atoms with Gasteiger partial charge in [0.25, 0.3) is 0 Å². The van der Waals surface area contributed by atoms with Crippen LogP contribution in [0.15, 0.2) is 16.9 Å². The van der Waals surface area contributed by atoms with Crippen molar-refractivity contribution in [3.05, 3.63) is 18.0 Å². The lowest BCUT2D eigenvalue weighted by molar-refractivity contribution is -0.140. The zero-order valence-electron chi connectivity index (χ0n) is 14.7. The molecule has 4 rings (SSSR count). The first-order chi connectivity index (χ1) is 12.3. The lowest BCUT2D eigenvalue weighted by atomic mass is 9.61. The standard InChI is InChI=1S/C18H28N4O3/c23-17(20-12-15-3-8-25-21-15)18-4-1-16(22-6-9-24-10-7-22)11-14(18)2-5-19-13-18/h3,8,14,16,19H,1-2,4-7,9-13H2,(H,20,23)/t14-,16+,18-/m1/s1. The monoisotopic (exact) mass is 348 g/mol. The fourth-order valence-corrected chi connectivity index (χ4v) is 4.84. The molecule has 3 atom stereocenters. The summed E-state index contributed by atoms with van der Waals surface area (Å²) in [7, 11) is 0. The first-order valence-electron chi connectivity index (χ1n) is 9.48. The van der Waals surface area contributed by atoms with Gasteiger partial charge in [-0.3, -0.25) is 9.69 Å². The Kier molecular flexibility index (Phi) is 5.05. The highest BCUT2D eigenvalue weighted by Gasteiger charge is 2.50. The first-order valence-corrected chi connectivity index (χ1v) is 9.48. The lowest BCUT2D eigenvalue weighted by Gasteiger charge is -2.50. The second-order valence-corrected chi connectivity index (χ2v) is 7.57. The topological polar surface area (TPSA) is 79.6 Å². The average molecular weight is 348 g/mol. The normalized spacial score (nSPS) is 33.6. The number of hydrogen-bond donors (Lipinski definition) is 2. The van der Waals surface area contributed by atoms with E-state index in [1.54, 1.807) is 6.07 Å². The Labute approximate surface area is 148 Å². The van der Waals surface area contributed by atoms with Gasteiger partial charge in [0.15, 0.2) is 0 Å². The molecule has 7 nitrogen and oxygen atoms in total. The Morgan fingerprint density at radius 3 is 3.08 bits per heavy atom. The molecule has 1 aliphatic carbocycles. The summed E-state index contributed by atoms with van der Waals surface area (Å²) in [6, 6.07) is 2.40. The quantitative estimate of drug-likeness (QED) is 0.837. The number of ether oxygens (including phenoxy) is 1. The Bertz CT molecular complexity index is 573. The summed E-state index contributed by atoms with van der Waals surface area (Å²) in [5.41, 5.74) is 0.497. The maximum Gasteiger partial charge on any atom is 0.228 e. The summed E-state index contributed by atoms with van der Waals surface area (Å²) in [6.07, 6.45) is 5.79. The van der Waals surface area contributed by atoms with Crippen molar-refractivity contribution in [3.8, 4) is 0 Å². The molecule has 1 aromatic rings. The molecular formula is C18H28N4O3. The van der Waals surface area contributed by atoms with E-state index >= 15 is 0 Å². The minimum Gasteiger partial charge on any atom is -0.379 e. The van der Waals surface area contributed by atoms with E-state index in [2.05, 4.69) is 20.7 Å². The van der Waals surface area contributed by atoms with Gasteiger partial charge < -0.3 is 19.9 Å². The molecule has 2 saturated heterocycles. The van der Waals surface area contributed by atoms with Gasteiger partial charge in [0.05, 0.1) is 25.2 Å². The van der Waals surface area contributed by atoms with Crippen molar-refractivity contribution < 1.29 is 14.1 Å². The maximum atomic E-state index is 13.1. The predicted octanol–water partition coefficient (Wildman–Crippen LogP) is 0.771. The summed E-state index contributed by atoms with van der Waals surface area (Å²) >= 11 is 0. The highest BCUT2D eigenvalue weighted by atomic mass is 16.5. The molecule has 1 aromatic heterocycles. The molecule has 2 N–H and O–H groups in total. The first kappa shape index (κ1) is 17.0. The molecule has 7 heteroatoms. The Balaban J connectivity index is 1.42. The van der Waals surface area contributed by atoms with Crippen LogP contribution in [0.5, 0.6) is 0 Å². The molecule has 2 aliphatic heterocycles. The molecule has 3 aliphatic rings. The van der Waals surface area contributed by atoms with E-state index < -0.39 is 0 Å². The van der Waals surface area contributed by atoms with Crippen molar-refractivity contribution in [2.24, 2.45) is 11.3 Å². The second-order valence-electron chi connectivity index (χ2n) is 7.57. The molecule has 0 radical (unpaired) electrons. The van der Waals surface area contributed by atoms with Gasteiger partial charge in [0.1, 0.15) is 12.0 Å². The van der Waals surface area contributed by atoms with Crippen LogP contribution in [0.25, 0.3) is 0 Å². The predicted molar refractivity (Wildman–Crippen MR) is 91.8 cm³/mol. The smallest absolute Gasteiger partial charge is 0.228 e. The summed E-state index contributed by atoms with van der Waals surface area (Å²) in [5, 5.41) is 10.5. The highest BCUT2D eigenvalue weighted by molar-refractivity contribution is 5.83. The van der Waals surface area contributed by atoms with Crippen molar-refractivity contribution in [2.75, 3.05) is 39.4 Å². The van der Waals surface area contributed by atoms with E-state index in [-0.39, 0.29) is 11.3 Å². The fraction of sp³-hybridized carbons (Fsp3) is 0.778. The summed E-state index contributed by atoms with van der Waals surface area (Å²) in [6.45, 7) is 5.98. The third-order valence-electron chi connectivity index (χ3n) is 6.31. The number of morpholine rings is 1. The van der Waals surface area contributed by atoms with Crippen molar-refractivity contribution in [3.63, 3.8) is 0 Å². The number of carbonyl (C=O) groups is 1. The van der Waals surface area contributed by atoms with Crippen LogP contribution in [0.3, 0.4) is 0 Å². The average Bonchev–Trinajstić information content (AvgIpc) is 3.20. The van der Waals surface area contributed by atoms with E-state index in [1.165, 1.54) is 6.26 Å². The third-order valence-corrected chi connectivity index (χ3v) is 6.31. The zero-order chi connectivity index (χ0) is 17.1. The van der Waals surface area contributed by atoms with Gasteiger partial charge in [-0.15, -0.1) is 0 Å².